The summed E-state index contributed by atoms with van der Waals surface area (Å²) in [7, 11) is 0. The van der Waals surface area contributed by atoms with Gasteiger partial charge in [0.1, 0.15) is 0 Å². The maximum Gasteiger partial charge on any atom is 0.0540 e. The normalized spacial score (nSPS) is 13.2. The second kappa shape index (κ2) is 15.4. The minimum Gasteiger partial charge on any atom is -0.309 e. The van der Waals surface area contributed by atoms with E-state index in [2.05, 4.69) is 211 Å². The predicted octanol–water partition coefficient (Wildman–Crippen LogP) is 16.2. The van der Waals surface area contributed by atoms with E-state index >= 15 is 0 Å². The van der Waals surface area contributed by atoms with Gasteiger partial charge < -0.3 is 4.90 Å². The average molecular weight is 732 g/mol. The molecule has 1 aliphatic rings. The lowest BCUT2D eigenvalue weighted by molar-refractivity contribution is 0.445. The van der Waals surface area contributed by atoms with Gasteiger partial charge in [0.15, 0.2) is 0 Å². The van der Waals surface area contributed by atoms with Gasteiger partial charge in [-0.15, -0.1) is 0 Å². The number of fused-ring (bicyclic) bond motifs is 2. The molecule has 0 aromatic heterocycles. The summed E-state index contributed by atoms with van der Waals surface area (Å²) in [4.78, 5) is 2.48. The second-order valence-corrected chi connectivity index (χ2v) is 15.5. The first-order chi connectivity index (χ1) is 28.3. The van der Waals surface area contributed by atoms with Crippen LogP contribution in [0.4, 0.5) is 17.1 Å². The van der Waals surface area contributed by atoms with Gasteiger partial charge in [-0.25, -0.2) is 0 Å². The Balaban J connectivity index is 1.13. The highest BCUT2D eigenvalue weighted by atomic mass is 15.1. The molecule has 0 unspecified atom stereocenters. The lowest BCUT2D eigenvalue weighted by Crippen LogP contribution is -2.12. The van der Waals surface area contributed by atoms with Gasteiger partial charge in [0.05, 0.1) is 11.4 Å². The number of rotatable bonds is 8. The van der Waals surface area contributed by atoms with Crippen LogP contribution >= 0.6 is 0 Å². The van der Waals surface area contributed by atoms with Gasteiger partial charge in [-0.2, -0.15) is 0 Å². The molecule has 1 saturated carbocycles. The maximum atomic E-state index is 2.48. The van der Waals surface area contributed by atoms with E-state index in [0.717, 1.165) is 5.69 Å². The Hall–Kier alpha value is -6.70. The number of hydrogen-bond acceptors (Lipinski definition) is 1. The molecule has 10 rings (SSSR count). The number of para-hydroxylation sites is 1. The van der Waals surface area contributed by atoms with Crippen molar-refractivity contribution < 1.29 is 0 Å². The van der Waals surface area contributed by atoms with Crippen LogP contribution in [0.2, 0.25) is 0 Å². The maximum absolute atomic E-state index is 2.48. The Morgan fingerprint density at radius 1 is 0.351 bits per heavy atom. The predicted molar refractivity (Wildman–Crippen MR) is 244 cm³/mol. The molecule has 0 N–H and O–H groups in total. The van der Waals surface area contributed by atoms with Crippen LogP contribution < -0.4 is 4.90 Å². The van der Waals surface area contributed by atoms with Gasteiger partial charge in [0, 0.05) is 16.6 Å². The summed E-state index contributed by atoms with van der Waals surface area (Å²) in [5.74, 6) is 0.599. The highest BCUT2D eigenvalue weighted by Crippen LogP contribution is 2.47. The molecule has 0 aliphatic heterocycles. The monoisotopic (exact) mass is 731 g/mol. The average Bonchev–Trinajstić information content (AvgIpc) is 3.30. The van der Waals surface area contributed by atoms with Gasteiger partial charge in [-0.05, 0) is 110 Å². The van der Waals surface area contributed by atoms with Gasteiger partial charge in [0.25, 0.3) is 0 Å². The zero-order valence-electron chi connectivity index (χ0n) is 32.2. The minimum atomic E-state index is 0.599. The molecule has 9 aromatic carbocycles. The summed E-state index contributed by atoms with van der Waals surface area (Å²) < 4.78 is 0. The van der Waals surface area contributed by atoms with Crippen LogP contribution in [0.5, 0.6) is 0 Å². The van der Waals surface area contributed by atoms with Crippen molar-refractivity contribution in [2.45, 2.75) is 38.0 Å². The van der Waals surface area contributed by atoms with Gasteiger partial charge in [-0.3, -0.25) is 0 Å². The van der Waals surface area contributed by atoms with E-state index < -0.39 is 0 Å². The number of nitrogens with zero attached hydrogens (tertiary/aromatic N) is 1. The molecule has 9 aromatic rings. The summed E-state index contributed by atoms with van der Waals surface area (Å²) in [6.45, 7) is 0. The smallest absolute Gasteiger partial charge is 0.0540 e. The van der Waals surface area contributed by atoms with Crippen LogP contribution in [0.25, 0.3) is 66.1 Å². The van der Waals surface area contributed by atoms with Crippen molar-refractivity contribution >= 4 is 38.6 Å². The van der Waals surface area contributed by atoms with Gasteiger partial charge in [-0.1, -0.05) is 195 Å². The highest BCUT2D eigenvalue weighted by molar-refractivity contribution is 6.06. The third-order valence-corrected chi connectivity index (χ3v) is 12.1. The van der Waals surface area contributed by atoms with E-state index in [4.69, 9.17) is 0 Å². The summed E-state index contributed by atoms with van der Waals surface area (Å²) in [6, 6.07) is 75.9. The van der Waals surface area contributed by atoms with Crippen molar-refractivity contribution in [2.75, 3.05) is 4.90 Å². The SMILES string of the molecule is c1ccc(-c2ccc(-c3ccc(N(c4ccccc4-c4cccc5cccc(C6CCCCC6)c45)c4cccc5ccccc45)cc3)cc2-c2ccccc2)cc1. The molecule has 0 amide bonds. The second-order valence-electron chi connectivity index (χ2n) is 15.5. The van der Waals surface area contributed by atoms with Gasteiger partial charge in [0.2, 0.25) is 0 Å². The molecule has 0 heterocycles. The van der Waals surface area contributed by atoms with Crippen molar-refractivity contribution in [3.63, 3.8) is 0 Å². The summed E-state index contributed by atoms with van der Waals surface area (Å²) in [6.07, 6.45) is 6.52. The zero-order chi connectivity index (χ0) is 38.0. The van der Waals surface area contributed by atoms with Crippen LogP contribution in [-0.4, -0.2) is 0 Å². The quantitative estimate of drug-likeness (QED) is 0.150. The summed E-state index contributed by atoms with van der Waals surface area (Å²) in [5, 5.41) is 5.18. The Morgan fingerprint density at radius 2 is 0.930 bits per heavy atom. The molecule has 57 heavy (non-hydrogen) atoms. The van der Waals surface area contributed by atoms with Crippen LogP contribution in [0.15, 0.2) is 206 Å². The highest BCUT2D eigenvalue weighted by Gasteiger charge is 2.23. The molecule has 0 bridgehead atoms. The molecular formula is C56H45N. The molecule has 1 nitrogen and oxygen atoms in total. The third kappa shape index (κ3) is 6.70. The van der Waals surface area contributed by atoms with Crippen molar-refractivity contribution in [1.29, 1.82) is 0 Å². The Morgan fingerprint density at radius 3 is 1.72 bits per heavy atom. The van der Waals surface area contributed by atoms with Crippen molar-refractivity contribution in [1.82, 2.24) is 0 Å². The number of benzene rings is 9. The first-order valence-corrected chi connectivity index (χ1v) is 20.5. The number of anilines is 3. The summed E-state index contributed by atoms with van der Waals surface area (Å²) >= 11 is 0. The van der Waals surface area contributed by atoms with Crippen molar-refractivity contribution in [2.24, 2.45) is 0 Å². The van der Waals surface area contributed by atoms with E-state index in [9.17, 15) is 0 Å². The Labute approximate surface area is 336 Å². The molecular weight excluding hydrogens is 687 g/mol. The largest absolute Gasteiger partial charge is 0.309 e. The van der Waals surface area contributed by atoms with Crippen molar-refractivity contribution in [3.8, 4) is 44.5 Å². The molecule has 0 spiro atoms. The van der Waals surface area contributed by atoms with E-state index in [1.165, 1.54) is 115 Å². The first-order valence-electron chi connectivity index (χ1n) is 20.5. The molecule has 0 radical (unpaired) electrons. The first kappa shape index (κ1) is 34.8. The zero-order valence-corrected chi connectivity index (χ0v) is 32.2. The topological polar surface area (TPSA) is 3.24 Å². The molecule has 0 saturated heterocycles. The lowest BCUT2D eigenvalue weighted by Gasteiger charge is -2.30. The molecule has 1 heteroatoms. The van der Waals surface area contributed by atoms with Crippen LogP contribution in [0.3, 0.4) is 0 Å². The molecule has 0 atom stereocenters. The van der Waals surface area contributed by atoms with Crippen LogP contribution in [0, 0.1) is 0 Å². The Kier molecular flexibility index (Phi) is 9.42. The van der Waals surface area contributed by atoms with E-state index in [1.807, 2.05) is 0 Å². The standard InChI is InChI=1S/C56H45N/c1-4-17-41(18-5-1)48-38-35-46(39-53(48)44-21-8-3-9-22-44)40-33-36-47(37-34-40)57(54-32-16-24-42-23-10-11-27-49(42)54)55-31-13-12-28-51(55)52-30-15-26-45-25-14-29-50(56(45)52)43-19-6-2-7-20-43/h1,3-5,8-18,21-39,43H,2,6-7,19-20H2. The van der Waals surface area contributed by atoms with E-state index in [-0.39, 0.29) is 0 Å². The fourth-order valence-corrected chi connectivity index (χ4v) is 9.31. The Bertz CT molecular complexity index is 2800. The van der Waals surface area contributed by atoms with E-state index in [1.54, 1.807) is 0 Å². The van der Waals surface area contributed by atoms with E-state index in [0.29, 0.717) is 5.92 Å². The molecule has 1 fully saturated rings. The van der Waals surface area contributed by atoms with Crippen LogP contribution in [-0.2, 0) is 0 Å². The minimum absolute atomic E-state index is 0.599. The molecule has 1 aliphatic carbocycles. The molecule has 274 valence electrons. The third-order valence-electron chi connectivity index (χ3n) is 12.1. The fraction of sp³-hybridized carbons (Fsp3) is 0.107. The van der Waals surface area contributed by atoms with Gasteiger partial charge >= 0.3 is 0 Å². The van der Waals surface area contributed by atoms with Crippen LogP contribution in [0.1, 0.15) is 43.6 Å². The number of hydrogen-bond donors (Lipinski definition) is 0. The lowest BCUT2D eigenvalue weighted by atomic mass is 9.80. The fourth-order valence-electron chi connectivity index (χ4n) is 9.31. The van der Waals surface area contributed by atoms with Crippen molar-refractivity contribution in [3.05, 3.63) is 212 Å². The summed E-state index contributed by atoms with van der Waals surface area (Å²) in [5.41, 5.74) is 14.8.